The van der Waals surface area contributed by atoms with Crippen LogP contribution in [0.25, 0.3) is 0 Å². The Morgan fingerprint density at radius 3 is 1.25 bits per heavy atom. The summed E-state index contributed by atoms with van der Waals surface area (Å²) in [7, 11) is -0.750. The molecule has 0 amide bonds. The van der Waals surface area contributed by atoms with Crippen LogP contribution in [0.2, 0.25) is 0 Å². The van der Waals surface area contributed by atoms with Crippen molar-refractivity contribution in [2.24, 2.45) is 0 Å². The summed E-state index contributed by atoms with van der Waals surface area (Å²) in [6.07, 6.45) is 0. The van der Waals surface area contributed by atoms with Crippen molar-refractivity contribution in [3.63, 3.8) is 0 Å². The molecule has 0 atom stereocenters. The number of hydrogen-bond acceptors (Lipinski definition) is 2. The van der Waals surface area contributed by atoms with Gasteiger partial charge in [0.2, 0.25) is 0 Å². The van der Waals surface area contributed by atoms with Gasteiger partial charge in [-0.1, -0.05) is 0 Å². The van der Waals surface area contributed by atoms with Crippen LogP contribution in [-0.4, -0.2) is 17.7 Å². The molecule has 0 aliphatic carbocycles. The molecule has 0 bridgehead atoms. The monoisotopic (exact) mass is 58.0 g/mol. The van der Waals surface area contributed by atoms with E-state index in [-0.39, 0.29) is 7.43 Å². The maximum atomic E-state index is 7.12. The van der Waals surface area contributed by atoms with E-state index in [1.165, 1.54) is 0 Å². The van der Waals surface area contributed by atoms with Crippen molar-refractivity contribution >= 4 is 7.69 Å². The van der Waals surface area contributed by atoms with Gasteiger partial charge in [0.05, 0.1) is 0 Å². The predicted molar refractivity (Wildman–Crippen MR) is 14.8 cm³/mol. The van der Waals surface area contributed by atoms with Gasteiger partial charge in [-0.05, 0) is 0 Å². The SMILES string of the molecule is OBO.[C]. The number of rotatable bonds is 0. The van der Waals surface area contributed by atoms with Gasteiger partial charge in [0.25, 0.3) is 0 Å². The topological polar surface area (TPSA) is 40.5 Å². The van der Waals surface area contributed by atoms with Crippen molar-refractivity contribution in [2.75, 3.05) is 0 Å². The van der Waals surface area contributed by atoms with E-state index in [0.717, 1.165) is 0 Å². The standard InChI is InChI=1S/C.BH3O2/c;2-1-3/h;1-3H. The van der Waals surface area contributed by atoms with Crippen LogP contribution >= 0.6 is 0 Å². The smallest absolute Gasteiger partial charge is 0.430 e. The average molecular weight is 57.8 g/mol. The molecule has 0 spiro atoms. The Morgan fingerprint density at radius 2 is 1.25 bits per heavy atom. The summed E-state index contributed by atoms with van der Waals surface area (Å²) in [5, 5.41) is 14.2. The minimum absolute atomic E-state index is 0. The van der Waals surface area contributed by atoms with E-state index >= 15 is 0 Å². The second kappa shape index (κ2) is 12.1. The largest absolute Gasteiger partial charge is 0.432 e. The molecule has 4 heavy (non-hydrogen) atoms. The first-order chi connectivity index (χ1) is 1.41. The molecule has 0 rings (SSSR count). The van der Waals surface area contributed by atoms with Crippen LogP contribution in [0.5, 0.6) is 0 Å². The van der Waals surface area contributed by atoms with Crippen LogP contribution in [0.3, 0.4) is 0 Å². The zero-order chi connectivity index (χ0) is 2.71. The van der Waals surface area contributed by atoms with Crippen molar-refractivity contribution in [2.45, 2.75) is 0 Å². The van der Waals surface area contributed by atoms with Gasteiger partial charge in [-0.3, -0.25) is 0 Å². The molecule has 2 N–H and O–H groups in total. The zero-order valence-electron chi connectivity index (χ0n) is 2.10. The predicted octanol–water partition coefficient (Wildman–Crippen LogP) is -1.68. The lowest BCUT2D eigenvalue weighted by Crippen LogP contribution is -1.75. The van der Waals surface area contributed by atoms with Gasteiger partial charge in [0, 0.05) is 7.43 Å². The molecule has 0 aromatic rings. The van der Waals surface area contributed by atoms with Crippen LogP contribution in [0.1, 0.15) is 0 Å². The first-order valence-electron chi connectivity index (χ1n) is 0.632. The quantitative estimate of drug-likeness (QED) is 0.326. The molecule has 2 nitrogen and oxygen atoms in total. The van der Waals surface area contributed by atoms with Crippen molar-refractivity contribution in [1.82, 2.24) is 0 Å². The molecule has 0 aromatic carbocycles. The Morgan fingerprint density at radius 1 is 1.25 bits per heavy atom. The Labute approximate surface area is 26.4 Å². The van der Waals surface area contributed by atoms with Gasteiger partial charge in [-0.2, -0.15) is 0 Å². The third-order valence-corrected chi connectivity index (χ3v) is 0. The van der Waals surface area contributed by atoms with E-state index < -0.39 is 7.69 Å². The van der Waals surface area contributed by atoms with E-state index in [0.29, 0.717) is 0 Å². The summed E-state index contributed by atoms with van der Waals surface area (Å²) >= 11 is 0. The highest BCUT2D eigenvalue weighted by Gasteiger charge is 1.48. The second-order valence-corrected chi connectivity index (χ2v) is 0.141. The Balaban J connectivity index is 0. The van der Waals surface area contributed by atoms with Crippen LogP contribution in [-0.2, 0) is 0 Å². The summed E-state index contributed by atoms with van der Waals surface area (Å²) in [5.74, 6) is 0. The molecule has 0 fully saturated rings. The summed E-state index contributed by atoms with van der Waals surface area (Å²) in [5.41, 5.74) is 0. The first-order valence-corrected chi connectivity index (χ1v) is 0.632. The Bertz CT molecular complexity index is 6.00. The molecule has 0 heterocycles. The fourth-order valence-electron chi connectivity index (χ4n) is 0. The van der Waals surface area contributed by atoms with Crippen molar-refractivity contribution in [3.05, 3.63) is 7.43 Å². The Kier molecular flexibility index (Phi) is 27.3. The van der Waals surface area contributed by atoms with Crippen LogP contribution in [0, 0.1) is 7.43 Å². The van der Waals surface area contributed by atoms with Gasteiger partial charge >= 0.3 is 7.69 Å². The van der Waals surface area contributed by atoms with E-state index in [9.17, 15) is 0 Å². The van der Waals surface area contributed by atoms with Crippen LogP contribution < -0.4 is 0 Å². The van der Waals surface area contributed by atoms with Gasteiger partial charge in [-0.15, -0.1) is 0 Å². The highest BCUT2D eigenvalue weighted by molar-refractivity contribution is 6.13. The summed E-state index contributed by atoms with van der Waals surface area (Å²) < 4.78 is 0. The summed E-state index contributed by atoms with van der Waals surface area (Å²) in [6, 6.07) is 0. The fraction of sp³-hybridized carbons (Fsp3) is 0. The zero-order valence-corrected chi connectivity index (χ0v) is 2.10. The number of hydrogen-bond donors (Lipinski definition) is 2. The minimum atomic E-state index is -0.750. The molecule has 0 aromatic heterocycles. The van der Waals surface area contributed by atoms with E-state index in [4.69, 9.17) is 10.0 Å². The second-order valence-electron chi connectivity index (χ2n) is 0.141. The molecule has 3 heteroatoms. The summed E-state index contributed by atoms with van der Waals surface area (Å²) in [4.78, 5) is 0. The van der Waals surface area contributed by atoms with Gasteiger partial charge in [0.1, 0.15) is 0 Å². The molecular formula is CH3BO2. The maximum absolute atomic E-state index is 7.12. The summed E-state index contributed by atoms with van der Waals surface area (Å²) in [6.45, 7) is 0. The lowest BCUT2D eigenvalue weighted by atomic mass is 10.5. The van der Waals surface area contributed by atoms with Crippen molar-refractivity contribution in [3.8, 4) is 0 Å². The molecule has 4 radical (unpaired) electrons. The molecule has 0 aliphatic rings. The van der Waals surface area contributed by atoms with Gasteiger partial charge in [0.15, 0.2) is 0 Å². The van der Waals surface area contributed by atoms with E-state index in [1.54, 1.807) is 0 Å². The highest BCUT2D eigenvalue weighted by Crippen LogP contribution is 1.08. The van der Waals surface area contributed by atoms with E-state index in [2.05, 4.69) is 0 Å². The fourth-order valence-corrected chi connectivity index (χ4v) is 0. The molecule has 0 saturated heterocycles. The third kappa shape index (κ3) is 8480. The average Bonchev–Trinajstić information content (AvgIpc) is 0.918. The van der Waals surface area contributed by atoms with Gasteiger partial charge < -0.3 is 10.0 Å². The highest BCUT2D eigenvalue weighted by atomic mass is 16.4. The van der Waals surface area contributed by atoms with Crippen molar-refractivity contribution < 1.29 is 10.0 Å². The molecular weight excluding hydrogens is 54.8 g/mol. The molecule has 0 aliphatic heterocycles. The molecule has 0 saturated carbocycles. The van der Waals surface area contributed by atoms with Crippen LogP contribution in [0.15, 0.2) is 0 Å². The Hall–Kier alpha value is -0.0151. The van der Waals surface area contributed by atoms with E-state index in [1.807, 2.05) is 0 Å². The normalized spacial score (nSPS) is 3.50. The maximum Gasteiger partial charge on any atom is 0.432 e. The first kappa shape index (κ1) is 9.01. The van der Waals surface area contributed by atoms with Crippen LogP contribution in [0.4, 0.5) is 0 Å². The lowest BCUT2D eigenvalue weighted by Gasteiger charge is -1.48. The molecule has 0 unspecified atom stereocenters. The minimum Gasteiger partial charge on any atom is -0.430 e. The van der Waals surface area contributed by atoms with Crippen molar-refractivity contribution in [1.29, 1.82) is 0 Å². The molecule has 22 valence electrons. The van der Waals surface area contributed by atoms with Gasteiger partial charge in [-0.25, -0.2) is 0 Å². The third-order valence-electron chi connectivity index (χ3n) is 0. The lowest BCUT2D eigenvalue weighted by molar-refractivity contribution is 0.448.